The molecule has 2 rings (SSSR count). The summed E-state index contributed by atoms with van der Waals surface area (Å²) in [7, 11) is 0. The van der Waals surface area contributed by atoms with E-state index in [0.717, 1.165) is 5.56 Å². The lowest BCUT2D eigenvalue weighted by molar-refractivity contribution is 0.0696. The number of rotatable bonds is 4. The number of aromatic nitrogens is 1. The summed E-state index contributed by atoms with van der Waals surface area (Å²) < 4.78 is 9.67. The van der Waals surface area contributed by atoms with E-state index < -0.39 is 12.1 Å². The number of aryl methyl sites for hydroxylation is 1. The Morgan fingerprint density at radius 1 is 1.35 bits per heavy atom. The van der Waals surface area contributed by atoms with Gasteiger partial charge in [0.1, 0.15) is 12.2 Å². The van der Waals surface area contributed by atoms with Gasteiger partial charge in [0.05, 0.1) is 0 Å². The maximum atomic E-state index is 11.6. The van der Waals surface area contributed by atoms with Crippen molar-refractivity contribution in [2.45, 2.75) is 13.5 Å². The molecule has 0 unspecified atom stereocenters. The van der Waals surface area contributed by atoms with E-state index in [0.29, 0.717) is 0 Å². The van der Waals surface area contributed by atoms with Crippen molar-refractivity contribution in [3.05, 3.63) is 47.2 Å². The zero-order valence-electron chi connectivity index (χ0n) is 10.6. The molecule has 7 nitrogen and oxygen atoms in total. The van der Waals surface area contributed by atoms with Crippen LogP contribution < -0.4 is 5.32 Å². The molecule has 0 fully saturated rings. The Bertz CT molecular complexity index is 621. The van der Waals surface area contributed by atoms with Crippen LogP contribution in [0.4, 0.5) is 10.6 Å². The molecule has 0 saturated heterocycles. The van der Waals surface area contributed by atoms with Gasteiger partial charge in [0, 0.05) is 0 Å². The molecule has 0 bridgehead atoms. The highest BCUT2D eigenvalue weighted by Gasteiger charge is 2.21. The maximum absolute atomic E-state index is 11.6. The van der Waals surface area contributed by atoms with Crippen LogP contribution in [-0.2, 0) is 11.3 Å². The van der Waals surface area contributed by atoms with Gasteiger partial charge in [0.15, 0.2) is 11.6 Å². The number of carboxylic acids is 1. The molecule has 0 aliphatic heterocycles. The fraction of sp³-hybridized carbons (Fsp3) is 0.154. The van der Waals surface area contributed by atoms with Gasteiger partial charge < -0.3 is 14.4 Å². The van der Waals surface area contributed by atoms with Crippen LogP contribution in [0.1, 0.15) is 21.7 Å². The molecular formula is C13H12N2O5. The molecule has 1 aromatic heterocycles. The molecule has 2 N–H and O–H groups in total. The molecule has 1 heterocycles. The van der Waals surface area contributed by atoms with Crippen LogP contribution in [0.3, 0.4) is 0 Å². The van der Waals surface area contributed by atoms with Gasteiger partial charge in [0.2, 0.25) is 0 Å². The van der Waals surface area contributed by atoms with Crippen LogP contribution in [0.2, 0.25) is 0 Å². The lowest BCUT2D eigenvalue weighted by Crippen LogP contribution is -2.16. The normalized spacial score (nSPS) is 10.1. The zero-order chi connectivity index (χ0) is 14.5. The van der Waals surface area contributed by atoms with Gasteiger partial charge in [-0.3, -0.25) is 5.32 Å². The minimum atomic E-state index is -1.23. The number of carbonyl (C=O) groups excluding carboxylic acids is 1. The van der Waals surface area contributed by atoms with Crippen molar-refractivity contribution in [3.63, 3.8) is 0 Å². The summed E-state index contributed by atoms with van der Waals surface area (Å²) >= 11 is 0. The Morgan fingerprint density at radius 3 is 2.70 bits per heavy atom. The smallest absolute Gasteiger partial charge is 0.413 e. The molecule has 0 saturated carbocycles. The fourth-order valence-corrected chi connectivity index (χ4v) is 1.57. The number of amides is 1. The monoisotopic (exact) mass is 276 g/mol. The molecule has 0 aliphatic carbocycles. The SMILES string of the molecule is Cc1onc(NC(=O)OCc2ccccc2)c1C(=O)O. The Labute approximate surface area is 114 Å². The second-order valence-corrected chi connectivity index (χ2v) is 3.95. The van der Waals surface area contributed by atoms with E-state index in [9.17, 15) is 9.59 Å². The molecule has 2 aromatic rings. The molecule has 0 radical (unpaired) electrons. The molecule has 0 aliphatic rings. The van der Waals surface area contributed by atoms with Crippen molar-refractivity contribution < 1.29 is 24.0 Å². The van der Waals surface area contributed by atoms with E-state index in [2.05, 4.69) is 10.5 Å². The third-order valence-electron chi connectivity index (χ3n) is 2.51. The summed E-state index contributed by atoms with van der Waals surface area (Å²) in [4.78, 5) is 22.5. The summed E-state index contributed by atoms with van der Waals surface area (Å²) in [5.74, 6) is -1.30. The third kappa shape index (κ3) is 3.14. The van der Waals surface area contributed by atoms with Gasteiger partial charge in [-0.15, -0.1) is 0 Å². The van der Waals surface area contributed by atoms with E-state index >= 15 is 0 Å². The Hall–Kier alpha value is -2.83. The van der Waals surface area contributed by atoms with Gasteiger partial charge in [0.25, 0.3) is 0 Å². The quantitative estimate of drug-likeness (QED) is 0.889. The van der Waals surface area contributed by atoms with Crippen molar-refractivity contribution >= 4 is 17.9 Å². The predicted octanol–water partition coefficient (Wildman–Crippen LogP) is 2.43. The molecule has 0 atom stereocenters. The number of benzene rings is 1. The molecule has 104 valence electrons. The van der Waals surface area contributed by atoms with E-state index in [-0.39, 0.29) is 23.7 Å². The van der Waals surface area contributed by atoms with Crippen LogP contribution in [0.5, 0.6) is 0 Å². The number of carboxylic acid groups (broad SMARTS) is 1. The number of ether oxygens (including phenoxy) is 1. The summed E-state index contributed by atoms with van der Waals surface area (Å²) in [6.45, 7) is 1.52. The largest absolute Gasteiger partial charge is 0.477 e. The summed E-state index contributed by atoms with van der Waals surface area (Å²) in [6, 6.07) is 9.09. The zero-order valence-corrected chi connectivity index (χ0v) is 10.6. The molecule has 0 spiro atoms. The topological polar surface area (TPSA) is 102 Å². The van der Waals surface area contributed by atoms with Gasteiger partial charge >= 0.3 is 12.1 Å². The van der Waals surface area contributed by atoms with Crippen LogP contribution in [0, 0.1) is 6.92 Å². The number of hydrogen-bond donors (Lipinski definition) is 2. The van der Waals surface area contributed by atoms with Gasteiger partial charge in [-0.25, -0.2) is 9.59 Å². The molecule has 7 heteroatoms. The van der Waals surface area contributed by atoms with Crippen LogP contribution in [-0.4, -0.2) is 22.3 Å². The highest BCUT2D eigenvalue weighted by molar-refractivity contribution is 5.98. The molecule has 1 aromatic carbocycles. The van der Waals surface area contributed by atoms with Crippen molar-refractivity contribution in [2.24, 2.45) is 0 Å². The van der Waals surface area contributed by atoms with Gasteiger partial charge in [-0.2, -0.15) is 0 Å². The van der Waals surface area contributed by atoms with Crippen molar-refractivity contribution in [1.29, 1.82) is 0 Å². The molecule has 1 amide bonds. The van der Waals surface area contributed by atoms with Crippen LogP contribution in [0.15, 0.2) is 34.9 Å². The number of hydrogen-bond acceptors (Lipinski definition) is 5. The average Bonchev–Trinajstić information content (AvgIpc) is 2.78. The number of nitrogens with zero attached hydrogens (tertiary/aromatic N) is 1. The number of nitrogens with one attached hydrogen (secondary N) is 1. The average molecular weight is 276 g/mol. The number of carbonyl (C=O) groups is 2. The first kappa shape index (κ1) is 13.6. The van der Waals surface area contributed by atoms with Crippen molar-refractivity contribution in [1.82, 2.24) is 5.16 Å². The summed E-state index contributed by atoms with van der Waals surface area (Å²) in [6.07, 6.45) is -0.801. The van der Waals surface area contributed by atoms with Crippen LogP contribution >= 0.6 is 0 Å². The van der Waals surface area contributed by atoms with E-state index in [1.165, 1.54) is 6.92 Å². The minimum Gasteiger partial charge on any atom is -0.477 e. The first-order valence-corrected chi connectivity index (χ1v) is 5.75. The molecule has 20 heavy (non-hydrogen) atoms. The predicted molar refractivity (Wildman–Crippen MR) is 68.4 cm³/mol. The van der Waals surface area contributed by atoms with Crippen molar-refractivity contribution in [3.8, 4) is 0 Å². The van der Waals surface area contributed by atoms with Crippen molar-refractivity contribution in [2.75, 3.05) is 5.32 Å². The summed E-state index contributed by atoms with van der Waals surface area (Å²) in [5.41, 5.74) is 0.624. The van der Waals surface area contributed by atoms with E-state index in [1.807, 2.05) is 18.2 Å². The molecular weight excluding hydrogens is 264 g/mol. The minimum absolute atomic E-state index is 0.0753. The standard InChI is InChI=1S/C13H12N2O5/c1-8-10(12(16)17)11(15-20-8)14-13(18)19-7-9-5-3-2-4-6-9/h2-6H,7H2,1H3,(H,16,17)(H,14,15,18). The third-order valence-corrected chi connectivity index (χ3v) is 2.51. The highest BCUT2D eigenvalue weighted by Crippen LogP contribution is 2.18. The lowest BCUT2D eigenvalue weighted by atomic mass is 10.2. The number of anilines is 1. The summed E-state index contributed by atoms with van der Waals surface area (Å²) in [5, 5.41) is 14.7. The van der Waals surface area contributed by atoms with E-state index in [1.54, 1.807) is 12.1 Å². The van der Waals surface area contributed by atoms with E-state index in [4.69, 9.17) is 14.4 Å². The second kappa shape index (κ2) is 5.87. The highest BCUT2D eigenvalue weighted by atomic mass is 16.5. The lowest BCUT2D eigenvalue weighted by Gasteiger charge is -2.05. The fourth-order valence-electron chi connectivity index (χ4n) is 1.57. The van der Waals surface area contributed by atoms with Gasteiger partial charge in [-0.1, -0.05) is 35.5 Å². The first-order chi connectivity index (χ1) is 9.58. The maximum Gasteiger partial charge on any atom is 0.413 e. The second-order valence-electron chi connectivity index (χ2n) is 3.95. The Morgan fingerprint density at radius 2 is 2.05 bits per heavy atom. The van der Waals surface area contributed by atoms with Crippen LogP contribution in [0.25, 0.3) is 0 Å². The van der Waals surface area contributed by atoms with Gasteiger partial charge in [-0.05, 0) is 12.5 Å². The Balaban J connectivity index is 1.97. The number of aromatic carboxylic acids is 1. The first-order valence-electron chi connectivity index (χ1n) is 5.75. The Kier molecular flexibility index (Phi) is 3.99.